The van der Waals surface area contributed by atoms with Crippen LogP contribution in [0.1, 0.15) is 278 Å². The van der Waals surface area contributed by atoms with Gasteiger partial charge in [0.15, 0.2) is 0 Å². The molecule has 6 nitrogen and oxygen atoms in total. The van der Waals surface area contributed by atoms with Crippen LogP contribution in [0.3, 0.4) is 0 Å². The topological polar surface area (TPSA) is 95.9 Å². The van der Waals surface area contributed by atoms with E-state index in [9.17, 15) is 19.8 Å². The van der Waals surface area contributed by atoms with Gasteiger partial charge in [0.2, 0.25) is 5.91 Å². The van der Waals surface area contributed by atoms with Crippen molar-refractivity contribution in [1.29, 1.82) is 0 Å². The monoisotopic (exact) mass is 910 g/mol. The molecule has 6 heteroatoms. The summed E-state index contributed by atoms with van der Waals surface area (Å²) in [6, 6.07) is -0.708. The summed E-state index contributed by atoms with van der Waals surface area (Å²) in [6.07, 6.45) is 65.7. The smallest absolute Gasteiger partial charge is 0.306 e. The van der Waals surface area contributed by atoms with Gasteiger partial charge in [0.1, 0.15) is 6.10 Å². The van der Waals surface area contributed by atoms with Crippen molar-refractivity contribution in [2.24, 2.45) is 0 Å². The first-order valence-corrected chi connectivity index (χ1v) is 28.0. The SMILES string of the molecule is CC/C=C\C/C=C\C/C=C\C/C=C\C/C=C\CCCCCC(=O)OC(CCCCCCCCCCCCCCCCCC)CC(=O)NC(CO)C(O)CCCCCCCCCCCCC. The highest BCUT2D eigenvalue weighted by molar-refractivity contribution is 5.77. The van der Waals surface area contributed by atoms with Crippen LogP contribution in [0.15, 0.2) is 60.8 Å². The number of amides is 1. The number of hydrogen-bond acceptors (Lipinski definition) is 5. The molecule has 0 rings (SSSR count). The summed E-state index contributed by atoms with van der Waals surface area (Å²) in [6.45, 7) is 6.38. The van der Waals surface area contributed by atoms with Crippen LogP contribution in [0.5, 0.6) is 0 Å². The first-order valence-electron chi connectivity index (χ1n) is 28.0. The minimum absolute atomic E-state index is 0.0657. The van der Waals surface area contributed by atoms with E-state index in [1.165, 1.54) is 141 Å². The summed E-state index contributed by atoms with van der Waals surface area (Å²) >= 11 is 0. The van der Waals surface area contributed by atoms with Gasteiger partial charge in [-0.15, -0.1) is 0 Å². The van der Waals surface area contributed by atoms with Crippen LogP contribution in [-0.4, -0.2) is 46.9 Å². The highest BCUT2D eigenvalue weighted by Gasteiger charge is 2.24. The van der Waals surface area contributed by atoms with Crippen molar-refractivity contribution in [2.75, 3.05) is 6.61 Å². The number of esters is 1. The lowest BCUT2D eigenvalue weighted by atomic mass is 10.0. The third-order valence-corrected chi connectivity index (χ3v) is 12.6. The Labute approximate surface area is 403 Å². The molecular formula is C59H107NO5. The Morgan fingerprint density at radius 2 is 0.831 bits per heavy atom. The number of rotatable bonds is 50. The van der Waals surface area contributed by atoms with Crippen LogP contribution in [-0.2, 0) is 14.3 Å². The molecule has 0 heterocycles. The summed E-state index contributed by atoms with van der Waals surface area (Å²) in [5.41, 5.74) is 0. The molecule has 0 radical (unpaired) electrons. The summed E-state index contributed by atoms with van der Waals surface area (Å²) in [5.74, 6) is -0.502. The second-order valence-corrected chi connectivity index (χ2v) is 19.0. The Kier molecular flexibility index (Phi) is 50.6. The quantitative estimate of drug-likeness (QED) is 0.0321. The van der Waals surface area contributed by atoms with E-state index in [1.807, 2.05) is 0 Å². The summed E-state index contributed by atoms with van der Waals surface area (Å²) in [4.78, 5) is 26.2. The molecule has 0 saturated carbocycles. The van der Waals surface area contributed by atoms with Crippen molar-refractivity contribution in [3.8, 4) is 0 Å². The Hall–Kier alpha value is -2.44. The van der Waals surface area contributed by atoms with Crippen LogP contribution in [0, 0.1) is 0 Å². The number of carbonyl (C=O) groups is 2. The maximum Gasteiger partial charge on any atom is 0.306 e. The van der Waals surface area contributed by atoms with Crippen LogP contribution < -0.4 is 5.32 Å². The van der Waals surface area contributed by atoms with E-state index in [4.69, 9.17) is 4.74 Å². The Bertz CT molecular complexity index is 1160. The molecule has 0 aromatic rings. The van der Waals surface area contributed by atoms with Gasteiger partial charge in [-0.2, -0.15) is 0 Å². The predicted octanol–water partition coefficient (Wildman–Crippen LogP) is 17.2. The third kappa shape index (κ3) is 47.8. The molecule has 3 N–H and O–H groups in total. The fourth-order valence-corrected chi connectivity index (χ4v) is 8.40. The number of allylic oxidation sites excluding steroid dienone is 10. The lowest BCUT2D eigenvalue weighted by Gasteiger charge is -2.24. The van der Waals surface area contributed by atoms with Crippen molar-refractivity contribution in [3.05, 3.63) is 60.8 Å². The normalized spacial score (nSPS) is 13.6. The Morgan fingerprint density at radius 3 is 1.25 bits per heavy atom. The molecule has 0 saturated heterocycles. The number of unbranched alkanes of at least 4 members (excludes halogenated alkanes) is 28. The van der Waals surface area contributed by atoms with E-state index in [2.05, 4.69) is 86.8 Å². The molecule has 0 aromatic heterocycles. The molecule has 0 aliphatic heterocycles. The molecule has 1 amide bonds. The highest BCUT2D eigenvalue weighted by Crippen LogP contribution is 2.18. The fourth-order valence-electron chi connectivity index (χ4n) is 8.40. The van der Waals surface area contributed by atoms with Crippen molar-refractivity contribution < 1.29 is 24.5 Å². The first-order chi connectivity index (χ1) is 32.0. The van der Waals surface area contributed by atoms with Gasteiger partial charge in [0.25, 0.3) is 0 Å². The molecule has 0 aliphatic rings. The van der Waals surface area contributed by atoms with E-state index in [0.29, 0.717) is 19.3 Å². The Morgan fingerprint density at radius 1 is 0.462 bits per heavy atom. The van der Waals surface area contributed by atoms with Gasteiger partial charge in [-0.3, -0.25) is 9.59 Å². The van der Waals surface area contributed by atoms with Gasteiger partial charge in [-0.05, 0) is 70.6 Å². The molecule has 0 spiro atoms. The zero-order chi connectivity index (χ0) is 47.4. The molecular weight excluding hydrogens is 803 g/mol. The van der Waals surface area contributed by atoms with Gasteiger partial charge in [-0.25, -0.2) is 0 Å². The van der Waals surface area contributed by atoms with E-state index in [0.717, 1.165) is 89.9 Å². The lowest BCUT2D eigenvalue weighted by Crippen LogP contribution is -2.46. The summed E-state index contributed by atoms with van der Waals surface area (Å²) in [5, 5.41) is 23.8. The second kappa shape index (κ2) is 52.5. The second-order valence-electron chi connectivity index (χ2n) is 19.0. The van der Waals surface area contributed by atoms with Crippen molar-refractivity contribution in [2.45, 2.75) is 296 Å². The molecule has 378 valence electrons. The van der Waals surface area contributed by atoms with Crippen LogP contribution in [0.2, 0.25) is 0 Å². The van der Waals surface area contributed by atoms with Gasteiger partial charge in [0, 0.05) is 6.42 Å². The molecule has 0 fully saturated rings. The number of aliphatic hydroxyl groups excluding tert-OH is 2. The fraction of sp³-hybridized carbons (Fsp3) is 0.797. The minimum Gasteiger partial charge on any atom is -0.462 e. The molecule has 3 atom stereocenters. The maximum atomic E-state index is 13.2. The van der Waals surface area contributed by atoms with Crippen LogP contribution in [0.4, 0.5) is 0 Å². The third-order valence-electron chi connectivity index (χ3n) is 12.6. The largest absolute Gasteiger partial charge is 0.462 e. The predicted molar refractivity (Wildman–Crippen MR) is 282 cm³/mol. The van der Waals surface area contributed by atoms with Gasteiger partial charge >= 0.3 is 5.97 Å². The molecule has 3 unspecified atom stereocenters. The van der Waals surface area contributed by atoms with Gasteiger partial charge < -0.3 is 20.3 Å². The summed E-state index contributed by atoms with van der Waals surface area (Å²) in [7, 11) is 0. The van der Waals surface area contributed by atoms with E-state index in [-0.39, 0.29) is 24.9 Å². The number of nitrogens with one attached hydrogen (secondary N) is 1. The number of hydrogen-bond donors (Lipinski definition) is 3. The molecule has 65 heavy (non-hydrogen) atoms. The average molecular weight is 911 g/mol. The highest BCUT2D eigenvalue weighted by atomic mass is 16.5. The van der Waals surface area contributed by atoms with E-state index in [1.54, 1.807) is 0 Å². The lowest BCUT2D eigenvalue weighted by molar-refractivity contribution is -0.151. The zero-order valence-corrected chi connectivity index (χ0v) is 43.1. The zero-order valence-electron chi connectivity index (χ0n) is 43.1. The standard InChI is InChI=1S/C59H107NO5/c1-4-7-10-13-16-19-22-24-26-28-29-30-32-34-37-40-43-46-49-52-59(64)65-55(50-47-44-41-38-36-33-31-27-25-23-20-17-14-11-8-5-2)53-58(63)60-56(54-61)57(62)51-48-45-42-39-35-21-18-15-12-9-6-3/h7,10,16,19,24,26,29-30,34,37,55-57,61-62H,4-6,8-9,11-15,17-18,20-23,25,27-28,31-33,35-36,38-54H2,1-3H3,(H,60,63)/b10-7-,19-16-,26-24-,30-29-,37-34-. The van der Waals surface area contributed by atoms with Crippen molar-refractivity contribution in [3.63, 3.8) is 0 Å². The average Bonchev–Trinajstić information content (AvgIpc) is 3.30. The molecule has 0 aromatic carbocycles. The number of carbonyl (C=O) groups excluding carboxylic acids is 2. The molecule has 0 aliphatic carbocycles. The summed E-state index contributed by atoms with van der Waals surface area (Å²) < 4.78 is 5.95. The van der Waals surface area contributed by atoms with Gasteiger partial charge in [0.05, 0.1) is 25.2 Å². The Balaban J connectivity index is 4.61. The molecule has 0 bridgehead atoms. The number of aliphatic hydroxyl groups is 2. The number of ether oxygens (including phenoxy) is 1. The first kappa shape index (κ1) is 62.6. The van der Waals surface area contributed by atoms with Crippen LogP contribution >= 0.6 is 0 Å². The minimum atomic E-state index is -0.793. The van der Waals surface area contributed by atoms with Crippen LogP contribution in [0.25, 0.3) is 0 Å². The maximum absolute atomic E-state index is 13.2. The van der Waals surface area contributed by atoms with Crippen molar-refractivity contribution in [1.82, 2.24) is 5.32 Å². The van der Waals surface area contributed by atoms with Crippen molar-refractivity contribution >= 4 is 11.9 Å². The van der Waals surface area contributed by atoms with E-state index >= 15 is 0 Å². The van der Waals surface area contributed by atoms with Gasteiger partial charge in [-0.1, -0.05) is 255 Å². The van der Waals surface area contributed by atoms with E-state index < -0.39 is 18.2 Å².